The second-order valence-electron chi connectivity index (χ2n) is 4.28. The second-order valence-corrected chi connectivity index (χ2v) is 4.28. The van der Waals surface area contributed by atoms with E-state index in [0.29, 0.717) is 0 Å². The summed E-state index contributed by atoms with van der Waals surface area (Å²) >= 11 is 0. The van der Waals surface area contributed by atoms with Crippen molar-refractivity contribution in [3.8, 4) is 0 Å². The summed E-state index contributed by atoms with van der Waals surface area (Å²) in [7, 11) is 0. The minimum absolute atomic E-state index is 0.222. The van der Waals surface area contributed by atoms with Gasteiger partial charge >= 0.3 is 6.09 Å². The molecule has 17 heavy (non-hydrogen) atoms. The normalized spacial score (nSPS) is 19.1. The van der Waals surface area contributed by atoms with E-state index >= 15 is 0 Å². The number of amides is 1. The van der Waals surface area contributed by atoms with Gasteiger partial charge in [-0.2, -0.15) is 0 Å². The first kappa shape index (κ1) is 11.9. The van der Waals surface area contributed by atoms with Gasteiger partial charge in [-0.05, 0) is 18.9 Å². The maximum Gasteiger partial charge on any atom is 0.407 e. The van der Waals surface area contributed by atoms with Crippen LogP contribution < -0.4 is 0 Å². The first-order valence-corrected chi connectivity index (χ1v) is 5.48. The van der Waals surface area contributed by atoms with Gasteiger partial charge in [-0.1, -0.05) is 18.2 Å². The molecule has 0 aromatic heterocycles. The highest BCUT2D eigenvalue weighted by molar-refractivity contribution is 5.65. The minimum Gasteiger partial charge on any atom is -0.465 e. The third-order valence-electron chi connectivity index (χ3n) is 3.24. The zero-order chi connectivity index (χ0) is 12.5. The van der Waals surface area contributed by atoms with Crippen LogP contribution in [-0.4, -0.2) is 34.3 Å². The molecule has 2 N–H and O–H groups in total. The molecule has 0 spiro atoms. The van der Waals surface area contributed by atoms with E-state index in [4.69, 9.17) is 5.11 Å². The molecule has 0 unspecified atom stereocenters. The third kappa shape index (κ3) is 2.24. The molecule has 0 bridgehead atoms. The number of piperidine rings is 1. The van der Waals surface area contributed by atoms with Crippen LogP contribution >= 0.6 is 0 Å². The molecule has 1 fully saturated rings. The smallest absolute Gasteiger partial charge is 0.407 e. The van der Waals surface area contributed by atoms with E-state index in [1.165, 1.54) is 11.0 Å². The fourth-order valence-electron chi connectivity index (χ4n) is 2.18. The molecule has 1 aromatic carbocycles. The van der Waals surface area contributed by atoms with Gasteiger partial charge in [-0.3, -0.25) is 0 Å². The number of likely N-dealkylation sites (tertiary alicyclic amines) is 1. The molecule has 1 aliphatic rings. The maximum atomic E-state index is 13.6. The Bertz CT molecular complexity index is 428. The van der Waals surface area contributed by atoms with Crippen LogP contribution in [-0.2, 0) is 5.60 Å². The van der Waals surface area contributed by atoms with Gasteiger partial charge in [0.1, 0.15) is 5.82 Å². The van der Waals surface area contributed by atoms with Crippen molar-refractivity contribution < 1.29 is 19.4 Å². The Labute approximate surface area is 98.3 Å². The SMILES string of the molecule is O=C(O)N1CCC(O)(c2ccccc2F)CC1. The van der Waals surface area contributed by atoms with Gasteiger partial charge in [0.2, 0.25) is 0 Å². The highest BCUT2D eigenvalue weighted by Gasteiger charge is 2.37. The van der Waals surface area contributed by atoms with Gasteiger partial charge in [0.25, 0.3) is 0 Å². The lowest BCUT2D eigenvalue weighted by Gasteiger charge is -2.37. The average molecular weight is 239 g/mol. The molecule has 4 nitrogen and oxygen atoms in total. The summed E-state index contributed by atoms with van der Waals surface area (Å²) in [4.78, 5) is 12.0. The van der Waals surface area contributed by atoms with Gasteiger partial charge in [0.05, 0.1) is 5.60 Å². The third-order valence-corrected chi connectivity index (χ3v) is 3.24. The fourth-order valence-corrected chi connectivity index (χ4v) is 2.18. The molecule has 5 heteroatoms. The van der Waals surface area contributed by atoms with Crippen LogP contribution in [0.3, 0.4) is 0 Å². The number of carboxylic acid groups (broad SMARTS) is 1. The van der Waals surface area contributed by atoms with Crippen molar-refractivity contribution in [3.63, 3.8) is 0 Å². The van der Waals surface area contributed by atoms with Crippen LogP contribution in [0.4, 0.5) is 9.18 Å². The van der Waals surface area contributed by atoms with E-state index in [-0.39, 0.29) is 31.5 Å². The molecular formula is C12H14FNO3. The second kappa shape index (κ2) is 4.33. The van der Waals surface area contributed by atoms with E-state index in [2.05, 4.69) is 0 Å². The highest BCUT2D eigenvalue weighted by atomic mass is 19.1. The molecule has 1 aliphatic heterocycles. The van der Waals surface area contributed by atoms with E-state index in [0.717, 1.165) is 0 Å². The zero-order valence-corrected chi connectivity index (χ0v) is 9.27. The first-order valence-electron chi connectivity index (χ1n) is 5.48. The maximum absolute atomic E-state index is 13.6. The topological polar surface area (TPSA) is 60.8 Å². The summed E-state index contributed by atoms with van der Waals surface area (Å²) in [5.74, 6) is -0.446. The van der Waals surface area contributed by atoms with Crippen LogP contribution in [0.15, 0.2) is 24.3 Å². The molecule has 1 heterocycles. The Morgan fingerprint density at radius 2 is 1.88 bits per heavy atom. The molecule has 0 radical (unpaired) electrons. The standard InChI is InChI=1S/C12H14FNO3/c13-10-4-2-1-3-9(10)12(17)5-7-14(8-6-12)11(15)16/h1-4,17H,5-8H2,(H,15,16). The van der Waals surface area contributed by atoms with E-state index in [9.17, 15) is 14.3 Å². The zero-order valence-electron chi connectivity index (χ0n) is 9.27. The molecule has 1 saturated heterocycles. The molecule has 0 saturated carbocycles. The summed E-state index contributed by atoms with van der Waals surface area (Å²) in [5, 5.41) is 19.2. The Balaban J connectivity index is 2.18. The van der Waals surface area contributed by atoms with Crippen molar-refractivity contribution in [2.45, 2.75) is 18.4 Å². The van der Waals surface area contributed by atoms with E-state index in [1.54, 1.807) is 18.2 Å². The molecular weight excluding hydrogens is 225 g/mol. The number of hydrogen-bond acceptors (Lipinski definition) is 2. The molecule has 0 aliphatic carbocycles. The lowest BCUT2D eigenvalue weighted by Crippen LogP contribution is -2.45. The predicted molar refractivity (Wildman–Crippen MR) is 59.1 cm³/mol. The van der Waals surface area contributed by atoms with Crippen LogP contribution in [0.5, 0.6) is 0 Å². The van der Waals surface area contributed by atoms with Gasteiger partial charge in [-0.15, -0.1) is 0 Å². The first-order chi connectivity index (χ1) is 8.03. The Hall–Kier alpha value is -1.62. The summed E-state index contributed by atoms with van der Waals surface area (Å²) in [5.41, 5.74) is -0.998. The fraction of sp³-hybridized carbons (Fsp3) is 0.417. The monoisotopic (exact) mass is 239 g/mol. The van der Waals surface area contributed by atoms with Gasteiger partial charge in [0, 0.05) is 18.7 Å². The number of halogens is 1. The predicted octanol–water partition coefficient (Wildman–Crippen LogP) is 1.79. The quantitative estimate of drug-likeness (QED) is 0.785. The van der Waals surface area contributed by atoms with Crippen LogP contribution in [0, 0.1) is 5.82 Å². The Morgan fingerprint density at radius 1 is 1.29 bits per heavy atom. The summed E-state index contributed by atoms with van der Waals surface area (Å²) < 4.78 is 13.6. The van der Waals surface area contributed by atoms with Gasteiger partial charge < -0.3 is 15.1 Å². The van der Waals surface area contributed by atoms with Gasteiger partial charge in [0.15, 0.2) is 0 Å². The van der Waals surface area contributed by atoms with Crippen molar-refractivity contribution in [2.75, 3.05) is 13.1 Å². The van der Waals surface area contributed by atoms with E-state index in [1.807, 2.05) is 0 Å². The average Bonchev–Trinajstić information content (AvgIpc) is 2.30. The van der Waals surface area contributed by atoms with Crippen LogP contribution in [0.25, 0.3) is 0 Å². The van der Waals surface area contributed by atoms with Crippen LogP contribution in [0.2, 0.25) is 0 Å². The lowest BCUT2D eigenvalue weighted by atomic mass is 9.84. The van der Waals surface area contributed by atoms with Crippen LogP contribution in [0.1, 0.15) is 18.4 Å². The number of carbonyl (C=O) groups is 1. The number of nitrogens with zero attached hydrogens (tertiary/aromatic N) is 1. The Morgan fingerprint density at radius 3 is 2.41 bits per heavy atom. The van der Waals surface area contributed by atoms with Crippen molar-refractivity contribution in [1.82, 2.24) is 4.90 Å². The van der Waals surface area contributed by atoms with E-state index < -0.39 is 17.5 Å². The minimum atomic E-state index is -1.25. The van der Waals surface area contributed by atoms with Gasteiger partial charge in [-0.25, -0.2) is 9.18 Å². The molecule has 1 aromatic rings. The summed E-state index contributed by atoms with van der Waals surface area (Å²) in [6.45, 7) is 0.445. The molecule has 0 atom stereocenters. The van der Waals surface area contributed by atoms with Crippen molar-refractivity contribution in [2.24, 2.45) is 0 Å². The summed E-state index contributed by atoms with van der Waals surface area (Å²) in [6, 6.07) is 6.08. The molecule has 1 amide bonds. The Kier molecular flexibility index (Phi) is 3.02. The molecule has 92 valence electrons. The summed E-state index contributed by atoms with van der Waals surface area (Å²) in [6.07, 6.45) is -0.555. The van der Waals surface area contributed by atoms with Crippen molar-refractivity contribution >= 4 is 6.09 Å². The lowest BCUT2D eigenvalue weighted by molar-refractivity contribution is -0.0238. The molecule has 2 rings (SSSR count). The number of aliphatic hydroxyl groups is 1. The number of rotatable bonds is 1. The van der Waals surface area contributed by atoms with Crippen molar-refractivity contribution in [1.29, 1.82) is 0 Å². The highest BCUT2D eigenvalue weighted by Crippen LogP contribution is 2.34. The number of hydrogen-bond donors (Lipinski definition) is 2. The van der Waals surface area contributed by atoms with Crippen molar-refractivity contribution in [3.05, 3.63) is 35.6 Å². The largest absolute Gasteiger partial charge is 0.465 e. The number of benzene rings is 1.